The van der Waals surface area contributed by atoms with Gasteiger partial charge in [-0.25, -0.2) is 4.98 Å². The molecule has 1 aromatic heterocycles. The van der Waals surface area contributed by atoms with Gasteiger partial charge in [0, 0.05) is 11.3 Å². The Labute approximate surface area is 114 Å². The van der Waals surface area contributed by atoms with E-state index in [0.29, 0.717) is 17.1 Å². The Morgan fingerprint density at radius 2 is 2.00 bits per heavy atom. The van der Waals surface area contributed by atoms with Crippen LogP contribution < -0.4 is 5.32 Å². The predicted octanol–water partition coefficient (Wildman–Crippen LogP) is 2.99. The van der Waals surface area contributed by atoms with Crippen LogP contribution in [-0.2, 0) is 0 Å². The zero-order valence-electron chi connectivity index (χ0n) is 10.4. The summed E-state index contributed by atoms with van der Waals surface area (Å²) in [6.45, 7) is 0. The third kappa shape index (κ3) is 2.22. The van der Waals surface area contributed by atoms with Crippen LogP contribution in [-0.4, -0.2) is 16.3 Å². The molecule has 96 valence electrons. The molecule has 0 unspecified atom stereocenters. The van der Waals surface area contributed by atoms with E-state index in [1.165, 1.54) is 0 Å². The molecule has 0 aliphatic carbocycles. The molecule has 20 heavy (non-hydrogen) atoms. The van der Waals surface area contributed by atoms with Gasteiger partial charge in [-0.1, -0.05) is 0 Å². The van der Waals surface area contributed by atoms with E-state index in [1.54, 1.807) is 30.3 Å². The Morgan fingerprint density at radius 1 is 1.20 bits per heavy atom. The Bertz CT molecular complexity index is 812. The second-order valence-electron chi connectivity index (χ2n) is 4.29. The molecule has 0 radical (unpaired) electrons. The molecule has 5 heteroatoms. The Balaban J connectivity index is 1.90. The van der Waals surface area contributed by atoms with Gasteiger partial charge >= 0.3 is 0 Å². The van der Waals surface area contributed by atoms with Gasteiger partial charge in [0.25, 0.3) is 0 Å². The topological polar surface area (TPSA) is 81.6 Å². The van der Waals surface area contributed by atoms with Crippen LogP contribution >= 0.6 is 0 Å². The maximum Gasteiger partial charge on any atom is 0.205 e. The van der Waals surface area contributed by atoms with Crippen molar-refractivity contribution in [2.75, 3.05) is 5.32 Å². The second kappa shape index (κ2) is 4.86. The summed E-state index contributed by atoms with van der Waals surface area (Å²) in [4.78, 5) is 18.2. The highest BCUT2D eigenvalue weighted by Gasteiger charge is 2.04. The van der Waals surface area contributed by atoms with Gasteiger partial charge in [-0.3, -0.25) is 4.79 Å². The van der Waals surface area contributed by atoms with Gasteiger partial charge in [0.1, 0.15) is 6.29 Å². The van der Waals surface area contributed by atoms with Crippen molar-refractivity contribution < 1.29 is 4.79 Å². The second-order valence-corrected chi connectivity index (χ2v) is 4.29. The fraction of sp³-hybridized carbons (Fsp3) is 0. The summed E-state index contributed by atoms with van der Waals surface area (Å²) in [5.41, 5.74) is 3.62. The molecule has 1 heterocycles. The number of fused-ring (bicyclic) bond motifs is 1. The van der Waals surface area contributed by atoms with Crippen molar-refractivity contribution >= 4 is 29.0 Å². The number of imidazole rings is 1. The first-order valence-electron chi connectivity index (χ1n) is 6.00. The number of benzene rings is 2. The third-order valence-electron chi connectivity index (χ3n) is 2.92. The summed E-state index contributed by atoms with van der Waals surface area (Å²) in [7, 11) is 0. The van der Waals surface area contributed by atoms with Crippen LogP contribution in [0.2, 0.25) is 0 Å². The SMILES string of the molecule is N#Cc1ccc(Nc2nc3ccc(C=O)cc3[nH]2)cc1. The first-order valence-corrected chi connectivity index (χ1v) is 6.00. The maximum atomic E-state index is 10.7. The zero-order chi connectivity index (χ0) is 13.9. The fourth-order valence-electron chi connectivity index (χ4n) is 1.92. The molecule has 0 saturated carbocycles. The number of hydrogen-bond acceptors (Lipinski definition) is 4. The summed E-state index contributed by atoms with van der Waals surface area (Å²) in [5, 5.41) is 11.9. The lowest BCUT2D eigenvalue weighted by atomic mass is 10.2. The van der Waals surface area contributed by atoms with E-state index in [4.69, 9.17) is 5.26 Å². The van der Waals surface area contributed by atoms with Gasteiger partial charge in [-0.2, -0.15) is 5.26 Å². The molecule has 3 aromatic rings. The highest BCUT2D eigenvalue weighted by molar-refractivity contribution is 5.86. The molecule has 0 bridgehead atoms. The molecule has 3 rings (SSSR count). The van der Waals surface area contributed by atoms with E-state index in [1.807, 2.05) is 12.1 Å². The number of nitrogens with zero attached hydrogens (tertiary/aromatic N) is 2. The van der Waals surface area contributed by atoms with E-state index in [2.05, 4.69) is 21.4 Å². The molecular formula is C15H10N4O. The Morgan fingerprint density at radius 3 is 2.70 bits per heavy atom. The van der Waals surface area contributed by atoms with Gasteiger partial charge in [0.05, 0.1) is 22.7 Å². The number of H-pyrrole nitrogens is 1. The van der Waals surface area contributed by atoms with Crippen LogP contribution in [0.25, 0.3) is 11.0 Å². The largest absolute Gasteiger partial charge is 0.326 e. The van der Waals surface area contributed by atoms with Crippen molar-refractivity contribution in [3.05, 3.63) is 53.6 Å². The summed E-state index contributed by atoms with van der Waals surface area (Å²) in [6.07, 6.45) is 0.800. The molecule has 2 N–H and O–H groups in total. The van der Waals surface area contributed by atoms with Crippen LogP contribution in [0.15, 0.2) is 42.5 Å². The van der Waals surface area contributed by atoms with Crippen molar-refractivity contribution in [3.8, 4) is 6.07 Å². The number of nitriles is 1. The molecular weight excluding hydrogens is 252 g/mol. The van der Waals surface area contributed by atoms with Gasteiger partial charge in [-0.15, -0.1) is 0 Å². The average molecular weight is 262 g/mol. The van der Waals surface area contributed by atoms with Gasteiger partial charge in [0.2, 0.25) is 5.95 Å². The van der Waals surface area contributed by atoms with Gasteiger partial charge in [0.15, 0.2) is 0 Å². The molecule has 0 aliphatic rings. The smallest absolute Gasteiger partial charge is 0.205 e. The molecule has 0 amide bonds. The number of hydrogen-bond donors (Lipinski definition) is 2. The highest BCUT2D eigenvalue weighted by Crippen LogP contribution is 2.19. The minimum atomic E-state index is 0.591. The number of carbonyl (C=O) groups is 1. The van der Waals surface area contributed by atoms with E-state index < -0.39 is 0 Å². The summed E-state index contributed by atoms with van der Waals surface area (Å²) in [6, 6.07) is 14.4. The first kappa shape index (κ1) is 11.9. The number of aromatic nitrogens is 2. The van der Waals surface area contributed by atoms with Crippen LogP contribution in [0.1, 0.15) is 15.9 Å². The van der Waals surface area contributed by atoms with Gasteiger partial charge in [-0.05, 0) is 42.5 Å². The summed E-state index contributed by atoms with van der Waals surface area (Å²) in [5.74, 6) is 0.591. The quantitative estimate of drug-likeness (QED) is 0.711. The van der Waals surface area contributed by atoms with Crippen LogP contribution in [0.5, 0.6) is 0 Å². The number of anilines is 2. The lowest BCUT2D eigenvalue weighted by molar-refractivity contribution is 0.112. The normalized spacial score (nSPS) is 10.2. The van der Waals surface area contributed by atoms with E-state index in [-0.39, 0.29) is 0 Å². The van der Waals surface area contributed by atoms with Crippen molar-refractivity contribution in [2.45, 2.75) is 0 Å². The number of aldehydes is 1. The minimum Gasteiger partial charge on any atom is -0.326 e. The van der Waals surface area contributed by atoms with E-state index in [9.17, 15) is 4.79 Å². The maximum absolute atomic E-state index is 10.7. The number of aromatic amines is 1. The molecule has 0 saturated heterocycles. The Kier molecular flexibility index (Phi) is 2.90. The molecule has 0 aliphatic heterocycles. The van der Waals surface area contributed by atoms with E-state index >= 15 is 0 Å². The van der Waals surface area contributed by atoms with Crippen molar-refractivity contribution in [1.82, 2.24) is 9.97 Å². The lowest BCUT2D eigenvalue weighted by Crippen LogP contribution is -1.91. The number of rotatable bonds is 3. The van der Waals surface area contributed by atoms with E-state index in [0.717, 1.165) is 23.0 Å². The monoisotopic (exact) mass is 262 g/mol. The lowest BCUT2D eigenvalue weighted by Gasteiger charge is -2.01. The molecule has 5 nitrogen and oxygen atoms in total. The van der Waals surface area contributed by atoms with Crippen LogP contribution in [0, 0.1) is 11.3 Å². The average Bonchev–Trinajstić information content (AvgIpc) is 2.89. The minimum absolute atomic E-state index is 0.591. The van der Waals surface area contributed by atoms with Crippen LogP contribution in [0.4, 0.5) is 11.6 Å². The zero-order valence-corrected chi connectivity index (χ0v) is 10.4. The predicted molar refractivity (Wildman–Crippen MR) is 75.9 cm³/mol. The summed E-state index contributed by atoms with van der Waals surface area (Å²) < 4.78 is 0. The fourth-order valence-corrected chi connectivity index (χ4v) is 1.92. The van der Waals surface area contributed by atoms with Gasteiger partial charge < -0.3 is 10.3 Å². The number of carbonyl (C=O) groups excluding carboxylic acids is 1. The number of nitrogens with one attached hydrogen (secondary N) is 2. The summed E-state index contributed by atoms with van der Waals surface area (Å²) >= 11 is 0. The molecule has 2 aromatic carbocycles. The van der Waals surface area contributed by atoms with Crippen molar-refractivity contribution in [2.24, 2.45) is 0 Å². The van der Waals surface area contributed by atoms with Crippen LogP contribution in [0.3, 0.4) is 0 Å². The standard InChI is InChI=1S/C15H10N4O/c16-8-10-1-4-12(5-2-10)17-15-18-13-6-3-11(9-20)7-14(13)19-15/h1-7,9H,(H2,17,18,19). The molecule has 0 fully saturated rings. The third-order valence-corrected chi connectivity index (χ3v) is 2.92. The first-order chi connectivity index (χ1) is 9.78. The molecule has 0 atom stereocenters. The van der Waals surface area contributed by atoms with Crippen molar-refractivity contribution in [3.63, 3.8) is 0 Å². The molecule has 0 spiro atoms. The van der Waals surface area contributed by atoms with Crippen molar-refractivity contribution in [1.29, 1.82) is 5.26 Å². The highest BCUT2D eigenvalue weighted by atomic mass is 16.1. The Hall–Kier alpha value is -3.13.